The first kappa shape index (κ1) is 48.6. The molecule has 0 fully saturated rings. The van der Waals surface area contributed by atoms with Crippen molar-refractivity contribution in [2.75, 3.05) is 6.61 Å². The molecule has 3 N–H and O–H groups in total. The molecule has 0 heterocycles. The highest BCUT2D eigenvalue weighted by Gasteiger charge is 2.17. The van der Waals surface area contributed by atoms with Crippen LogP contribution in [0.5, 0.6) is 0 Å². The summed E-state index contributed by atoms with van der Waals surface area (Å²) in [5.74, 6) is -0.109. The maximum Gasteiger partial charge on any atom is 0.220 e. The van der Waals surface area contributed by atoms with Gasteiger partial charge < -0.3 is 15.5 Å². The summed E-state index contributed by atoms with van der Waals surface area (Å²) < 4.78 is 0. The molecule has 4 nitrogen and oxygen atoms in total. The van der Waals surface area contributed by atoms with Gasteiger partial charge in [-0.3, -0.25) is 4.79 Å². The summed E-state index contributed by atoms with van der Waals surface area (Å²) >= 11 is 0. The molecule has 0 aromatic rings. The van der Waals surface area contributed by atoms with Crippen molar-refractivity contribution >= 4 is 5.91 Å². The zero-order valence-corrected chi connectivity index (χ0v) is 33.3. The number of nitrogens with one attached hydrogen (secondary N) is 1. The number of unbranched alkanes of at least 4 members (excludes halogenated alkanes) is 18. The van der Waals surface area contributed by atoms with Gasteiger partial charge >= 0.3 is 0 Å². The van der Waals surface area contributed by atoms with E-state index in [4.69, 9.17) is 0 Å². The number of carbonyl (C=O) groups excluding carboxylic acids is 1. The van der Waals surface area contributed by atoms with Gasteiger partial charge in [-0.05, 0) is 77.0 Å². The Kier molecular flexibility index (Phi) is 40.0. The van der Waals surface area contributed by atoms with Crippen LogP contribution in [0.15, 0.2) is 85.1 Å². The Balaban J connectivity index is 3.73. The lowest BCUT2D eigenvalue weighted by Crippen LogP contribution is -2.45. The molecule has 0 aliphatic rings. The van der Waals surface area contributed by atoms with Crippen molar-refractivity contribution in [3.8, 4) is 0 Å². The minimum atomic E-state index is -0.881. The smallest absolute Gasteiger partial charge is 0.220 e. The lowest BCUT2D eigenvalue weighted by atomic mass is 10.0. The zero-order chi connectivity index (χ0) is 37.1. The maximum atomic E-state index is 12.4. The number of hydrogen-bond donors (Lipinski definition) is 3. The van der Waals surface area contributed by atoms with Crippen molar-refractivity contribution in [3.63, 3.8) is 0 Å². The first-order chi connectivity index (χ1) is 25.2. The number of rotatable bonds is 37. The summed E-state index contributed by atoms with van der Waals surface area (Å²) in [7, 11) is 0. The first-order valence-corrected chi connectivity index (χ1v) is 21.3. The molecular weight excluding hydrogens is 627 g/mol. The van der Waals surface area contributed by atoms with Crippen molar-refractivity contribution in [1.29, 1.82) is 0 Å². The van der Waals surface area contributed by atoms with E-state index in [-0.39, 0.29) is 12.5 Å². The van der Waals surface area contributed by atoms with Crippen molar-refractivity contribution < 1.29 is 15.0 Å². The topological polar surface area (TPSA) is 69.6 Å². The van der Waals surface area contributed by atoms with E-state index in [0.717, 1.165) is 77.0 Å². The van der Waals surface area contributed by atoms with E-state index < -0.39 is 12.1 Å². The quantitative estimate of drug-likeness (QED) is 0.0445. The van der Waals surface area contributed by atoms with Crippen LogP contribution < -0.4 is 5.32 Å². The van der Waals surface area contributed by atoms with Crippen LogP contribution >= 0.6 is 0 Å². The second kappa shape index (κ2) is 42.0. The molecule has 2 unspecified atom stereocenters. The van der Waals surface area contributed by atoms with Crippen LogP contribution in [0.3, 0.4) is 0 Å². The van der Waals surface area contributed by atoms with Crippen molar-refractivity contribution in [2.45, 2.75) is 199 Å². The molecule has 4 heteroatoms. The minimum Gasteiger partial charge on any atom is -0.394 e. The van der Waals surface area contributed by atoms with E-state index >= 15 is 0 Å². The molecule has 0 saturated heterocycles. The Morgan fingerprint density at radius 2 is 0.882 bits per heavy atom. The van der Waals surface area contributed by atoms with Crippen LogP contribution in [-0.2, 0) is 4.79 Å². The van der Waals surface area contributed by atoms with Crippen LogP contribution in [0.25, 0.3) is 0 Å². The van der Waals surface area contributed by atoms with Crippen molar-refractivity contribution in [3.05, 3.63) is 85.1 Å². The molecular formula is C47H81NO3. The van der Waals surface area contributed by atoms with Crippen LogP contribution in [0.2, 0.25) is 0 Å². The average molecular weight is 708 g/mol. The molecule has 2 atom stereocenters. The second-order valence-electron chi connectivity index (χ2n) is 14.0. The summed E-state index contributed by atoms with van der Waals surface area (Å²) in [4.78, 5) is 12.4. The molecule has 0 aromatic carbocycles. The fraction of sp³-hybridized carbons (Fsp3) is 0.681. The normalized spacial score (nSPS) is 13.9. The van der Waals surface area contributed by atoms with Gasteiger partial charge in [-0.2, -0.15) is 0 Å². The van der Waals surface area contributed by atoms with E-state index in [1.165, 1.54) is 89.9 Å². The Hall–Kier alpha value is -2.43. The Morgan fingerprint density at radius 3 is 1.37 bits per heavy atom. The summed E-state index contributed by atoms with van der Waals surface area (Å²) in [6.45, 7) is 4.16. The van der Waals surface area contributed by atoms with E-state index in [9.17, 15) is 15.0 Å². The van der Waals surface area contributed by atoms with Crippen LogP contribution in [0.1, 0.15) is 187 Å². The van der Waals surface area contributed by atoms with E-state index in [0.29, 0.717) is 6.42 Å². The molecule has 0 aromatic heterocycles. The van der Waals surface area contributed by atoms with Gasteiger partial charge in [-0.1, -0.05) is 189 Å². The van der Waals surface area contributed by atoms with Gasteiger partial charge in [0.25, 0.3) is 0 Å². The Morgan fingerprint density at radius 1 is 0.490 bits per heavy atom. The van der Waals surface area contributed by atoms with E-state index in [1.54, 1.807) is 6.08 Å². The zero-order valence-electron chi connectivity index (χ0n) is 33.3. The third-order valence-corrected chi connectivity index (χ3v) is 9.11. The number of aliphatic hydroxyl groups excluding tert-OH is 2. The summed E-state index contributed by atoms with van der Waals surface area (Å²) in [5, 5.41) is 23.0. The average Bonchev–Trinajstić information content (AvgIpc) is 3.13. The predicted octanol–water partition coefficient (Wildman–Crippen LogP) is 13.3. The van der Waals surface area contributed by atoms with Gasteiger partial charge in [-0.15, -0.1) is 0 Å². The summed E-state index contributed by atoms with van der Waals surface area (Å²) in [5.41, 5.74) is 0. The highest BCUT2D eigenvalue weighted by Crippen LogP contribution is 2.14. The first-order valence-electron chi connectivity index (χ1n) is 21.3. The molecule has 51 heavy (non-hydrogen) atoms. The number of amides is 1. The molecule has 292 valence electrons. The highest BCUT2D eigenvalue weighted by atomic mass is 16.3. The number of allylic oxidation sites excluding steroid dienone is 13. The Bertz CT molecular complexity index is 941. The lowest BCUT2D eigenvalue weighted by molar-refractivity contribution is -0.123. The van der Waals surface area contributed by atoms with Gasteiger partial charge in [0.1, 0.15) is 0 Å². The third kappa shape index (κ3) is 38.6. The van der Waals surface area contributed by atoms with Crippen molar-refractivity contribution in [1.82, 2.24) is 5.32 Å². The molecule has 0 spiro atoms. The molecule has 0 radical (unpaired) electrons. The monoisotopic (exact) mass is 708 g/mol. The second-order valence-corrected chi connectivity index (χ2v) is 14.0. The minimum absolute atomic E-state index is 0.109. The SMILES string of the molecule is CC/C=C\C/C=C\C/C=C\C/C=C\C/C=C\CCCCCC(=O)NC(CO)C(O)/C=C/CC/C=C/CCCCCCCCCCCCCCCC. The Labute approximate surface area is 316 Å². The predicted molar refractivity (Wildman–Crippen MR) is 225 cm³/mol. The number of hydrogen-bond acceptors (Lipinski definition) is 3. The molecule has 1 amide bonds. The van der Waals surface area contributed by atoms with Gasteiger partial charge in [0, 0.05) is 6.42 Å². The van der Waals surface area contributed by atoms with Crippen LogP contribution in [-0.4, -0.2) is 34.9 Å². The largest absolute Gasteiger partial charge is 0.394 e. The van der Waals surface area contributed by atoms with Crippen molar-refractivity contribution in [2.24, 2.45) is 0 Å². The number of aliphatic hydroxyl groups is 2. The number of carbonyl (C=O) groups is 1. The maximum absolute atomic E-state index is 12.4. The van der Waals surface area contributed by atoms with E-state index in [1.807, 2.05) is 6.08 Å². The third-order valence-electron chi connectivity index (χ3n) is 9.11. The lowest BCUT2D eigenvalue weighted by Gasteiger charge is -2.19. The molecule has 0 saturated carbocycles. The van der Waals surface area contributed by atoms with Gasteiger partial charge in [-0.25, -0.2) is 0 Å². The summed E-state index contributed by atoms with van der Waals surface area (Å²) in [6.07, 6.45) is 61.1. The van der Waals surface area contributed by atoms with Crippen LogP contribution in [0.4, 0.5) is 0 Å². The molecule has 0 aliphatic heterocycles. The van der Waals surface area contributed by atoms with Gasteiger partial charge in [0.2, 0.25) is 5.91 Å². The molecule has 0 rings (SSSR count). The molecule has 0 bridgehead atoms. The summed E-state index contributed by atoms with van der Waals surface area (Å²) in [6, 6.07) is -0.661. The van der Waals surface area contributed by atoms with Crippen LogP contribution in [0, 0.1) is 0 Å². The van der Waals surface area contributed by atoms with Gasteiger partial charge in [0.05, 0.1) is 18.8 Å². The standard InChI is InChI=1S/C47H81NO3/c1-3-5-7-9-11-13-15-17-19-21-23-25-26-28-30-32-34-36-38-40-42-46(50)45(44-49)48-47(51)43-41-39-37-35-33-31-29-27-24-22-20-18-16-14-12-10-8-6-4-2/h6,8,12,14,18,20,24,27,31-34,40,42,45-46,49-50H,3-5,7,9-11,13,15-17,19,21-23,25-26,28-30,35-39,41,43-44H2,1-2H3,(H,48,51)/b8-6-,14-12-,20-18-,27-24-,33-31-,34-32+,42-40+. The molecule has 0 aliphatic carbocycles. The fourth-order valence-electron chi connectivity index (χ4n) is 5.87. The highest BCUT2D eigenvalue weighted by molar-refractivity contribution is 5.76. The van der Waals surface area contributed by atoms with Gasteiger partial charge in [0.15, 0.2) is 0 Å². The fourth-order valence-corrected chi connectivity index (χ4v) is 5.87. The van der Waals surface area contributed by atoms with E-state index in [2.05, 4.69) is 92.1 Å².